The Morgan fingerprint density at radius 1 is 1.32 bits per heavy atom. The molecule has 0 aromatic carbocycles. The molecule has 2 rings (SSSR count). The topological polar surface area (TPSA) is 77.2 Å². The lowest BCUT2D eigenvalue weighted by molar-refractivity contribution is 0.0605. The van der Waals surface area contributed by atoms with Gasteiger partial charge in [0.05, 0.1) is 25.0 Å². The monoisotopic (exact) mass is 281 g/mol. The van der Waals surface area contributed by atoms with Crippen LogP contribution in [0.2, 0.25) is 0 Å². The Morgan fingerprint density at radius 3 is 2.63 bits per heavy atom. The lowest BCUT2D eigenvalue weighted by Gasteiger charge is -1.97. The standard InChI is InChI=1S/C12H15N3O3S/c1-6-8(3)18-9(14-6)5-13-12-15-7(2)10(19-12)11(16)17-4/h5H2,1-4H3,(H,13,15). The van der Waals surface area contributed by atoms with Gasteiger partial charge in [0.15, 0.2) is 5.13 Å². The summed E-state index contributed by atoms with van der Waals surface area (Å²) in [5.74, 6) is 1.04. The molecule has 7 heteroatoms. The molecule has 6 nitrogen and oxygen atoms in total. The fourth-order valence-electron chi connectivity index (χ4n) is 1.52. The highest BCUT2D eigenvalue weighted by molar-refractivity contribution is 7.17. The fourth-order valence-corrected chi connectivity index (χ4v) is 2.40. The Labute approximate surface area is 114 Å². The molecule has 2 aromatic heterocycles. The highest BCUT2D eigenvalue weighted by Crippen LogP contribution is 2.23. The normalized spacial score (nSPS) is 10.5. The Morgan fingerprint density at radius 2 is 2.05 bits per heavy atom. The van der Waals surface area contributed by atoms with Gasteiger partial charge in [-0.1, -0.05) is 11.3 Å². The lowest BCUT2D eigenvalue weighted by Crippen LogP contribution is -1.99. The Hall–Kier alpha value is -1.89. The van der Waals surface area contributed by atoms with Crippen LogP contribution in [0.15, 0.2) is 4.42 Å². The third-order valence-corrected chi connectivity index (χ3v) is 3.73. The third kappa shape index (κ3) is 2.93. The SMILES string of the molecule is COC(=O)c1sc(NCc2nc(C)c(C)o2)nc1C. The molecule has 0 saturated heterocycles. The van der Waals surface area contributed by atoms with Crippen LogP contribution in [0.25, 0.3) is 0 Å². The van der Waals surface area contributed by atoms with E-state index in [0.717, 1.165) is 11.5 Å². The molecule has 102 valence electrons. The number of hydrogen-bond donors (Lipinski definition) is 1. The van der Waals surface area contributed by atoms with Gasteiger partial charge in [-0.2, -0.15) is 0 Å². The van der Waals surface area contributed by atoms with Crippen LogP contribution in [0, 0.1) is 20.8 Å². The maximum absolute atomic E-state index is 11.5. The first-order chi connectivity index (χ1) is 9.01. The van der Waals surface area contributed by atoms with Crippen LogP contribution in [0.3, 0.4) is 0 Å². The second-order valence-electron chi connectivity index (χ2n) is 4.03. The van der Waals surface area contributed by atoms with Crippen molar-refractivity contribution in [1.82, 2.24) is 9.97 Å². The van der Waals surface area contributed by atoms with E-state index >= 15 is 0 Å². The molecule has 0 spiro atoms. The molecule has 0 saturated carbocycles. The largest absolute Gasteiger partial charge is 0.465 e. The maximum Gasteiger partial charge on any atom is 0.350 e. The van der Waals surface area contributed by atoms with Gasteiger partial charge in [0, 0.05) is 0 Å². The van der Waals surface area contributed by atoms with Gasteiger partial charge in [-0.05, 0) is 20.8 Å². The summed E-state index contributed by atoms with van der Waals surface area (Å²) in [6.07, 6.45) is 0. The van der Waals surface area contributed by atoms with Crippen LogP contribution < -0.4 is 5.32 Å². The van der Waals surface area contributed by atoms with Gasteiger partial charge in [-0.25, -0.2) is 14.8 Å². The van der Waals surface area contributed by atoms with Crippen LogP contribution >= 0.6 is 11.3 Å². The van der Waals surface area contributed by atoms with Crippen LogP contribution in [0.1, 0.15) is 32.7 Å². The summed E-state index contributed by atoms with van der Waals surface area (Å²) in [5.41, 5.74) is 1.53. The van der Waals surface area contributed by atoms with Crippen molar-refractivity contribution >= 4 is 22.4 Å². The number of hydrogen-bond acceptors (Lipinski definition) is 7. The predicted molar refractivity (Wildman–Crippen MR) is 71.5 cm³/mol. The molecule has 0 aliphatic rings. The van der Waals surface area contributed by atoms with Gasteiger partial charge in [0.1, 0.15) is 10.6 Å². The van der Waals surface area contributed by atoms with E-state index in [9.17, 15) is 4.79 Å². The van der Waals surface area contributed by atoms with Crippen molar-refractivity contribution in [2.45, 2.75) is 27.3 Å². The number of carbonyl (C=O) groups is 1. The molecule has 0 atom stereocenters. The number of nitrogens with one attached hydrogen (secondary N) is 1. The molecule has 0 fully saturated rings. The van der Waals surface area contributed by atoms with Crippen LogP contribution in [-0.4, -0.2) is 23.0 Å². The summed E-state index contributed by atoms with van der Waals surface area (Å²) in [5, 5.41) is 3.73. The number of rotatable bonds is 4. The molecule has 0 unspecified atom stereocenters. The highest BCUT2D eigenvalue weighted by Gasteiger charge is 2.15. The molecular weight excluding hydrogens is 266 g/mol. The van der Waals surface area contributed by atoms with Crippen molar-refractivity contribution in [3.8, 4) is 0 Å². The smallest absolute Gasteiger partial charge is 0.350 e. The van der Waals surface area contributed by atoms with Crippen LogP contribution in [0.4, 0.5) is 5.13 Å². The van der Waals surface area contributed by atoms with E-state index in [0.29, 0.717) is 28.1 Å². The number of methoxy groups -OCH3 is 1. The second kappa shape index (κ2) is 5.40. The molecule has 0 bridgehead atoms. The molecular formula is C12H15N3O3S. The van der Waals surface area contributed by atoms with Crippen molar-refractivity contribution in [1.29, 1.82) is 0 Å². The van der Waals surface area contributed by atoms with E-state index in [1.165, 1.54) is 18.4 Å². The molecule has 0 radical (unpaired) electrons. The average Bonchev–Trinajstić information content (AvgIpc) is 2.90. The molecule has 2 heterocycles. The molecule has 1 N–H and O–H groups in total. The lowest BCUT2D eigenvalue weighted by atomic mass is 10.4. The number of thiazole rings is 1. The van der Waals surface area contributed by atoms with Crippen LogP contribution in [-0.2, 0) is 11.3 Å². The van der Waals surface area contributed by atoms with E-state index in [-0.39, 0.29) is 5.97 Å². The number of anilines is 1. The first-order valence-electron chi connectivity index (χ1n) is 5.73. The molecule has 0 aliphatic carbocycles. The minimum Gasteiger partial charge on any atom is -0.465 e. The molecule has 19 heavy (non-hydrogen) atoms. The van der Waals surface area contributed by atoms with Crippen molar-refractivity contribution < 1.29 is 13.9 Å². The summed E-state index contributed by atoms with van der Waals surface area (Å²) >= 11 is 1.26. The Balaban J connectivity index is 2.06. The number of aryl methyl sites for hydroxylation is 3. The van der Waals surface area contributed by atoms with Gasteiger partial charge in [0.2, 0.25) is 5.89 Å². The number of nitrogens with zero attached hydrogens (tertiary/aromatic N) is 2. The van der Waals surface area contributed by atoms with Crippen LogP contribution in [0.5, 0.6) is 0 Å². The van der Waals surface area contributed by atoms with Crippen molar-refractivity contribution in [2.75, 3.05) is 12.4 Å². The van der Waals surface area contributed by atoms with Gasteiger partial charge < -0.3 is 14.5 Å². The van der Waals surface area contributed by atoms with Gasteiger partial charge in [-0.15, -0.1) is 0 Å². The second-order valence-corrected chi connectivity index (χ2v) is 5.03. The van der Waals surface area contributed by atoms with Crippen molar-refractivity contribution in [3.63, 3.8) is 0 Å². The molecule has 2 aromatic rings. The maximum atomic E-state index is 11.5. The first kappa shape index (κ1) is 13.5. The minimum absolute atomic E-state index is 0.370. The first-order valence-corrected chi connectivity index (χ1v) is 6.55. The zero-order chi connectivity index (χ0) is 14.0. The van der Waals surface area contributed by atoms with Gasteiger partial charge in [0.25, 0.3) is 0 Å². The van der Waals surface area contributed by atoms with E-state index in [2.05, 4.69) is 20.0 Å². The summed E-state index contributed by atoms with van der Waals surface area (Å²) in [4.78, 5) is 20.5. The fraction of sp³-hybridized carbons (Fsp3) is 0.417. The minimum atomic E-state index is -0.370. The highest BCUT2D eigenvalue weighted by atomic mass is 32.1. The quantitative estimate of drug-likeness (QED) is 0.867. The summed E-state index contributed by atoms with van der Waals surface area (Å²) in [7, 11) is 1.35. The number of esters is 1. The van der Waals surface area contributed by atoms with Crippen molar-refractivity contribution in [2.24, 2.45) is 0 Å². The van der Waals surface area contributed by atoms with E-state index in [1.807, 2.05) is 13.8 Å². The predicted octanol–water partition coefficient (Wildman–Crippen LogP) is 2.46. The van der Waals surface area contributed by atoms with Crippen molar-refractivity contribution in [3.05, 3.63) is 27.9 Å². The number of ether oxygens (including phenoxy) is 1. The Kier molecular flexibility index (Phi) is 3.84. The third-order valence-electron chi connectivity index (χ3n) is 2.63. The number of aromatic nitrogens is 2. The summed E-state index contributed by atoms with van der Waals surface area (Å²) in [6, 6.07) is 0. The number of oxazole rings is 1. The average molecular weight is 281 g/mol. The van der Waals surface area contributed by atoms with E-state index in [1.54, 1.807) is 6.92 Å². The zero-order valence-corrected chi connectivity index (χ0v) is 12.1. The number of carbonyl (C=O) groups excluding carboxylic acids is 1. The molecule has 0 amide bonds. The van der Waals surface area contributed by atoms with E-state index < -0.39 is 0 Å². The van der Waals surface area contributed by atoms with Gasteiger partial charge >= 0.3 is 5.97 Å². The summed E-state index contributed by atoms with van der Waals surface area (Å²) < 4.78 is 10.1. The van der Waals surface area contributed by atoms with Gasteiger partial charge in [-0.3, -0.25) is 0 Å². The van der Waals surface area contributed by atoms with E-state index in [4.69, 9.17) is 4.42 Å². The zero-order valence-electron chi connectivity index (χ0n) is 11.2. The Bertz CT molecular complexity index is 584. The summed E-state index contributed by atoms with van der Waals surface area (Å²) in [6.45, 7) is 5.97. The molecule has 0 aliphatic heterocycles.